The molecule has 0 fully saturated rings. The van der Waals surface area contributed by atoms with Crippen molar-refractivity contribution in [2.45, 2.75) is 104 Å². The maximum atomic E-state index is 8.71. The molecular formula is C19H40O. The maximum Gasteiger partial charge on any atom is 0.0431 e. The molecule has 0 aliphatic rings. The largest absolute Gasteiger partial charge is 0.396 e. The lowest BCUT2D eigenvalue weighted by atomic mass is 9.92. The average molecular weight is 285 g/mol. The molecule has 0 aliphatic carbocycles. The maximum absolute atomic E-state index is 8.71. The van der Waals surface area contributed by atoms with Crippen LogP contribution in [0.4, 0.5) is 0 Å². The van der Waals surface area contributed by atoms with Gasteiger partial charge in [-0.2, -0.15) is 0 Å². The zero-order valence-corrected chi connectivity index (χ0v) is 14.5. The first-order chi connectivity index (χ1) is 9.70. The minimum atomic E-state index is 0.369. The number of rotatable bonds is 15. The summed E-state index contributed by atoms with van der Waals surface area (Å²) in [6, 6.07) is 0. The van der Waals surface area contributed by atoms with Crippen LogP contribution in [0.15, 0.2) is 0 Å². The Labute approximate surface area is 128 Å². The van der Waals surface area contributed by atoms with Crippen LogP contribution in [-0.4, -0.2) is 11.7 Å². The van der Waals surface area contributed by atoms with Crippen molar-refractivity contribution in [1.29, 1.82) is 0 Å². The molecule has 2 atom stereocenters. The van der Waals surface area contributed by atoms with Crippen molar-refractivity contribution < 1.29 is 5.11 Å². The molecule has 0 unspecified atom stereocenters. The fourth-order valence-corrected chi connectivity index (χ4v) is 2.97. The third kappa shape index (κ3) is 14.4. The van der Waals surface area contributed by atoms with Gasteiger partial charge in [0, 0.05) is 6.61 Å². The van der Waals surface area contributed by atoms with Gasteiger partial charge in [0.2, 0.25) is 0 Å². The van der Waals surface area contributed by atoms with E-state index < -0.39 is 0 Å². The van der Waals surface area contributed by atoms with Crippen LogP contribution in [0.25, 0.3) is 0 Å². The van der Waals surface area contributed by atoms with Gasteiger partial charge in [-0.1, -0.05) is 97.8 Å². The monoisotopic (exact) mass is 284 g/mol. The van der Waals surface area contributed by atoms with Crippen LogP contribution in [0.2, 0.25) is 0 Å². The first-order valence-corrected chi connectivity index (χ1v) is 9.31. The number of unbranched alkanes of at least 4 members (excludes halogenated alkanes) is 6. The van der Waals surface area contributed by atoms with Gasteiger partial charge in [0.15, 0.2) is 0 Å². The summed E-state index contributed by atoms with van der Waals surface area (Å²) in [7, 11) is 0. The highest BCUT2D eigenvalue weighted by atomic mass is 16.2. The van der Waals surface area contributed by atoms with Gasteiger partial charge in [-0.05, 0) is 18.3 Å². The van der Waals surface area contributed by atoms with Crippen LogP contribution >= 0.6 is 0 Å². The van der Waals surface area contributed by atoms with Crippen LogP contribution in [0.5, 0.6) is 0 Å². The van der Waals surface area contributed by atoms with E-state index in [1.807, 2.05) is 0 Å². The van der Waals surface area contributed by atoms with Crippen LogP contribution in [0, 0.1) is 11.8 Å². The van der Waals surface area contributed by atoms with E-state index in [0.717, 1.165) is 18.3 Å². The highest BCUT2D eigenvalue weighted by Gasteiger charge is 2.05. The second kappa shape index (κ2) is 15.4. The van der Waals surface area contributed by atoms with Crippen molar-refractivity contribution in [2.24, 2.45) is 11.8 Å². The van der Waals surface area contributed by atoms with Crippen LogP contribution < -0.4 is 0 Å². The molecule has 0 saturated heterocycles. The van der Waals surface area contributed by atoms with Crippen molar-refractivity contribution in [3.63, 3.8) is 0 Å². The van der Waals surface area contributed by atoms with Crippen molar-refractivity contribution in [2.75, 3.05) is 6.61 Å². The van der Waals surface area contributed by atoms with E-state index in [9.17, 15) is 0 Å². The molecule has 0 rings (SSSR count). The Hall–Kier alpha value is -0.0400. The molecule has 0 saturated carbocycles. The van der Waals surface area contributed by atoms with Gasteiger partial charge in [-0.15, -0.1) is 0 Å². The Morgan fingerprint density at radius 2 is 1.05 bits per heavy atom. The highest BCUT2D eigenvalue weighted by Crippen LogP contribution is 2.20. The smallest absolute Gasteiger partial charge is 0.0431 e. The number of aliphatic hydroxyl groups is 1. The van der Waals surface area contributed by atoms with Crippen molar-refractivity contribution in [1.82, 2.24) is 0 Å². The van der Waals surface area contributed by atoms with Crippen molar-refractivity contribution in [3.05, 3.63) is 0 Å². The molecular weight excluding hydrogens is 244 g/mol. The van der Waals surface area contributed by atoms with E-state index in [1.165, 1.54) is 77.0 Å². The zero-order valence-electron chi connectivity index (χ0n) is 14.5. The second-order valence-electron chi connectivity index (χ2n) is 6.92. The summed E-state index contributed by atoms with van der Waals surface area (Å²) in [6.45, 7) is 7.52. The molecule has 0 heterocycles. The summed E-state index contributed by atoms with van der Waals surface area (Å²) in [5.41, 5.74) is 0. The summed E-state index contributed by atoms with van der Waals surface area (Å²) in [5.74, 6) is 1.86. The quantitative estimate of drug-likeness (QED) is 0.348. The minimum Gasteiger partial charge on any atom is -0.396 e. The molecule has 0 radical (unpaired) electrons. The fourth-order valence-electron chi connectivity index (χ4n) is 2.97. The first kappa shape index (κ1) is 20.0. The van der Waals surface area contributed by atoms with Crippen LogP contribution in [0.1, 0.15) is 104 Å². The third-order valence-electron chi connectivity index (χ3n) is 4.55. The van der Waals surface area contributed by atoms with Crippen molar-refractivity contribution in [3.8, 4) is 0 Å². The third-order valence-corrected chi connectivity index (χ3v) is 4.55. The molecule has 0 aromatic carbocycles. The Kier molecular flexibility index (Phi) is 15.3. The molecule has 1 heteroatoms. The van der Waals surface area contributed by atoms with Crippen LogP contribution in [-0.2, 0) is 0 Å². The van der Waals surface area contributed by atoms with E-state index in [-0.39, 0.29) is 0 Å². The van der Waals surface area contributed by atoms with Gasteiger partial charge in [-0.3, -0.25) is 0 Å². The Bertz CT molecular complexity index is 179. The predicted molar refractivity (Wildman–Crippen MR) is 91.1 cm³/mol. The highest BCUT2D eigenvalue weighted by molar-refractivity contribution is 4.58. The van der Waals surface area contributed by atoms with Gasteiger partial charge in [-0.25, -0.2) is 0 Å². The van der Waals surface area contributed by atoms with Gasteiger partial charge in [0.1, 0.15) is 0 Å². The van der Waals surface area contributed by atoms with Crippen LogP contribution in [0.3, 0.4) is 0 Å². The Balaban J connectivity index is 3.26. The van der Waals surface area contributed by atoms with Gasteiger partial charge in [0.25, 0.3) is 0 Å². The number of hydrogen-bond acceptors (Lipinski definition) is 1. The molecule has 0 aromatic rings. The molecule has 20 heavy (non-hydrogen) atoms. The first-order valence-electron chi connectivity index (χ1n) is 9.31. The van der Waals surface area contributed by atoms with E-state index >= 15 is 0 Å². The second-order valence-corrected chi connectivity index (χ2v) is 6.92. The fraction of sp³-hybridized carbons (Fsp3) is 1.00. The lowest BCUT2D eigenvalue weighted by molar-refractivity contribution is 0.282. The summed E-state index contributed by atoms with van der Waals surface area (Å²) < 4.78 is 0. The van der Waals surface area contributed by atoms with Gasteiger partial charge in [0.05, 0.1) is 0 Å². The lowest BCUT2D eigenvalue weighted by Gasteiger charge is -2.14. The molecule has 0 aromatic heterocycles. The molecule has 0 aliphatic heterocycles. The Morgan fingerprint density at radius 3 is 1.60 bits per heavy atom. The standard InChI is InChI=1S/C19H40O/c1-4-5-13-18(2)15-12-16-19(3)14-10-8-6-7-9-11-17-20/h18-20H,4-17H2,1-3H3/t18-,19+/m0/s1. The molecule has 0 amide bonds. The van der Waals surface area contributed by atoms with Crippen molar-refractivity contribution >= 4 is 0 Å². The molecule has 0 bridgehead atoms. The average Bonchev–Trinajstić information content (AvgIpc) is 2.44. The van der Waals surface area contributed by atoms with E-state index in [2.05, 4.69) is 20.8 Å². The summed E-state index contributed by atoms with van der Waals surface area (Å²) in [6.07, 6.45) is 17.6. The normalized spacial score (nSPS) is 14.4. The Morgan fingerprint density at radius 1 is 0.600 bits per heavy atom. The molecule has 0 spiro atoms. The summed E-state index contributed by atoms with van der Waals surface area (Å²) >= 11 is 0. The number of aliphatic hydroxyl groups excluding tert-OH is 1. The van der Waals surface area contributed by atoms with E-state index in [1.54, 1.807) is 0 Å². The summed E-state index contributed by atoms with van der Waals surface area (Å²) in [4.78, 5) is 0. The predicted octanol–water partition coefficient (Wildman–Crippen LogP) is 6.34. The van der Waals surface area contributed by atoms with Gasteiger partial charge >= 0.3 is 0 Å². The topological polar surface area (TPSA) is 20.2 Å². The summed E-state index contributed by atoms with van der Waals surface area (Å²) in [5, 5.41) is 8.71. The molecule has 1 N–H and O–H groups in total. The SMILES string of the molecule is CCCC[C@H](C)CCC[C@H](C)CCCCCCCCO. The van der Waals surface area contributed by atoms with E-state index in [4.69, 9.17) is 5.11 Å². The lowest BCUT2D eigenvalue weighted by Crippen LogP contribution is -1.99. The molecule has 122 valence electrons. The minimum absolute atomic E-state index is 0.369. The van der Waals surface area contributed by atoms with Gasteiger partial charge < -0.3 is 5.11 Å². The van der Waals surface area contributed by atoms with E-state index in [0.29, 0.717) is 6.61 Å². The number of hydrogen-bond donors (Lipinski definition) is 1. The molecule has 1 nitrogen and oxygen atoms in total. The zero-order chi connectivity index (χ0) is 15.1.